The van der Waals surface area contributed by atoms with Crippen LogP contribution in [0.15, 0.2) is 42.5 Å². The van der Waals surface area contributed by atoms with Gasteiger partial charge in [-0.3, -0.25) is 4.79 Å². The van der Waals surface area contributed by atoms with Gasteiger partial charge in [0.05, 0.1) is 12.7 Å². The number of benzene rings is 1. The van der Waals surface area contributed by atoms with E-state index in [9.17, 15) is 4.79 Å². The lowest BCUT2D eigenvalue weighted by molar-refractivity contribution is -0.138. The van der Waals surface area contributed by atoms with Gasteiger partial charge in [-0.15, -0.1) is 0 Å². The molecule has 0 radical (unpaired) electrons. The van der Waals surface area contributed by atoms with Gasteiger partial charge < -0.3 is 14.6 Å². The van der Waals surface area contributed by atoms with E-state index in [1.165, 1.54) is 5.56 Å². The SMILES string of the molecule is C[C@H]1CN(C(=O)CCc2ccc(-c3ccccc3)[nH]2)CCO1. The van der Waals surface area contributed by atoms with Gasteiger partial charge in [0, 0.05) is 30.9 Å². The number of aromatic amines is 1. The van der Waals surface area contributed by atoms with Crippen LogP contribution in [0.5, 0.6) is 0 Å². The first-order chi connectivity index (χ1) is 10.7. The highest BCUT2D eigenvalue weighted by Gasteiger charge is 2.21. The van der Waals surface area contributed by atoms with Crippen molar-refractivity contribution in [2.75, 3.05) is 19.7 Å². The van der Waals surface area contributed by atoms with E-state index < -0.39 is 0 Å². The highest BCUT2D eigenvalue weighted by molar-refractivity contribution is 5.76. The standard InChI is InChI=1S/C18H22N2O2/c1-14-13-20(11-12-22-14)18(21)10-8-16-7-9-17(19-16)15-5-3-2-4-6-15/h2-7,9,14,19H,8,10-13H2,1H3/t14-/m0/s1. The zero-order valence-corrected chi connectivity index (χ0v) is 12.9. The van der Waals surface area contributed by atoms with Crippen LogP contribution < -0.4 is 0 Å². The average Bonchev–Trinajstić information content (AvgIpc) is 3.02. The van der Waals surface area contributed by atoms with Crippen molar-refractivity contribution in [3.05, 3.63) is 48.2 Å². The minimum atomic E-state index is 0.146. The van der Waals surface area contributed by atoms with Gasteiger partial charge in [0.15, 0.2) is 0 Å². The van der Waals surface area contributed by atoms with Crippen LogP contribution in [-0.4, -0.2) is 41.6 Å². The Morgan fingerprint density at radius 2 is 2.09 bits per heavy atom. The second kappa shape index (κ2) is 6.79. The molecule has 1 N–H and O–H groups in total. The normalized spacial score (nSPS) is 18.4. The molecule has 22 heavy (non-hydrogen) atoms. The molecule has 1 aliphatic heterocycles. The molecule has 3 rings (SSSR count). The number of rotatable bonds is 4. The summed E-state index contributed by atoms with van der Waals surface area (Å²) in [7, 11) is 0. The summed E-state index contributed by atoms with van der Waals surface area (Å²) in [6.07, 6.45) is 1.44. The van der Waals surface area contributed by atoms with E-state index >= 15 is 0 Å². The van der Waals surface area contributed by atoms with Crippen LogP contribution in [0.25, 0.3) is 11.3 Å². The Labute approximate surface area is 131 Å². The van der Waals surface area contributed by atoms with E-state index in [-0.39, 0.29) is 12.0 Å². The van der Waals surface area contributed by atoms with Crippen molar-refractivity contribution < 1.29 is 9.53 Å². The maximum absolute atomic E-state index is 12.3. The van der Waals surface area contributed by atoms with E-state index in [4.69, 9.17) is 4.74 Å². The van der Waals surface area contributed by atoms with Crippen molar-refractivity contribution in [2.24, 2.45) is 0 Å². The van der Waals surface area contributed by atoms with E-state index in [1.807, 2.05) is 30.0 Å². The molecule has 4 heteroatoms. The number of aryl methyl sites for hydroxylation is 1. The molecule has 1 aromatic heterocycles. The van der Waals surface area contributed by atoms with Crippen LogP contribution in [0.1, 0.15) is 19.0 Å². The van der Waals surface area contributed by atoms with Gasteiger partial charge in [0.2, 0.25) is 5.91 Å². The summed E-state index contributed by atoms with van der Waals surface area (Å²) in [6, 6.07) is 14.4. The summed E-state index contributed by atoms with van der Waals surface area (Å²) in [4.78, 5) is 17.6. The fraction of sp³-hybridized carbons (Fsp3) is 0.389. The number of amides is 1. The molecular formula is C18H22N2O2. The minimum absolute atomic E-state index is 0.146. The number of carbonyl (C=O) groups excluding carboxylic acids is 1. The van der Waals surface area contributed by atoms with E-state index in [0.717, 1.165) is 17.8 Å². The fourth-order valence-electron chi connectivity index (χ4n) is 2.82. The molecular weight excluding hydrogens is 276 g/mol. The largest absolute Gasteiger partial charge is 0.375 e. The maximum Gasteiger partial charge on any atom is 0.223 e. The molecule has 116 valence electrons. The topological polar surface area (TPSA) is 45.3 Å². The minimum Gasteiger partial charge on any atom is -0.375 e. The molecule has 0 bridgehead atoms. The summed E-state index contributed by atoms with van der Waals surface area (Å²) in [5.74, 6) is 0.214. The van der Waals surface area contributed by atoms with E-state index in [1.54, 1.807) is 0 Å². The monoisotopic (exact) mass is 298 g/mol. The van der Waals surface area contributed by atoms with Gasteiger partial charge in [-0.1, -0.05) is 30.3 Å². The Kier molecular flexibility index (Phi) is 4.59. The van der Waals surface area contributed by atoms with Crippen molar-refractivity contribution in [2.45, 2.75) is 25.9 Å². The zero-order valence-electron chi connectivity index (χ0n) is 12.9. The summed E-state index contributed by atoms with van der Waals surface area (Å²) < 4.78 is 5.47. The number of ether oxygens (including phenoxy) is 1. The van der Waals surface area contributed by atoms with Crippen LogP contribution in [0.2, 0.25) is 0 Å². The number of hydrogen-bond acceptors (Lipinski definition) is 2. The molecule has 1 fully saturated rings. The van der Waals surface area contributed by atoms with Gasteiger partial charge in [-0.05, 0) is 31.0 Å². The van der Waals surface area contributed by atoms with E-state index in [2.05, 4.69) is 29.2 Å². The third kappa shape index (κ3) is 3.57. The quantitative estimate of drug-likeness (QED) is 0.943. The molecule has 0 unspecified atom stereocenters. The maximum atomic E-state index is 12.3. The molecule has 1 amide bonds. The van der Waals surface area contributed by atoms with Crippen LogP contribution in [0.3, 0.4) is 0 Å². The van der Waals surface area contributed by atoms with Crippen molar-refractivity contribution >= 4 is 5.91 Å². The first kappa shape index (κ1) is 14.9. The Morgan fingerprint density at radius 1 is 1.27 bits per heavy atom. The second-order valence-corrected chi connectivity index (χ2v) is 5.78. The number of nitrogens with zero attached hydrogens (tertiary/aromatic N) is 1. The number of hydrogen-bond donors (Lipinski definition) is 1. The highest BCUT2D eigenvalue weighted by atomic mass is 16.5. The van der Waals surface area contributed by atoms with Gasteiger partial charge in [0.25, 0.3) is 0 Å². The molecule has 1 aromatic carbocycles. The summed E-state index contributed by atoms with van der Waals surface area (Å²) in [5.41, 5.74) is 3.37. The lowest BCUT2D eigenvalue weighted by atomic mass is 10.2. The molecule has 0 aliphatic carbocycles. The highest BCUT2D eigenvalue weighted by Crippen LogP contribution is 2.18. The molecule has 2 aromatic rings. The van der Waals surface area contributed by atoms with Crippen LogP contribution >= 0.6 is 0 Å². The molecule has 1 saturated heterocycles. The Balaban J connectivity index is 1.56. The molecule has 4 nitrogen and oxygen atoms in total. The molecule has 1 atom stereocenters. The third-order valence-corrected chi connectivity index (χ3v) is 4.03. The predicted molar refractivity (Wildman–Crippen MR) is 86.5 cm³/mol. The Bertz CT molecular complexity index is 621. The number of morpholine rings is 1. The Hall–Kier alpha value is -2.07. The van der Waals surface area contributed by atoms with Gasteiger partial charge in [-0.2, -0.15) is 0 Å². The lowest BCUT2D eigenvalue weighted by Gasteiger charge is -2.31. The molecule has 1 aliphatic rings. The van der Waals surface area contributed by atoms with Gasteiger partial charge >= 0.3 is 0 Å². The molecule has 0 saturated carbocycles. The lowest BCUT2D eigenvalue weighted by Crippen LogP contribution is -2.44. The zero-order chi connectivity index (χ0) is 15.4. The smallest absolute Gasteiger partial charge is 0.223 e. The predicted octanol–water partition coefficient (Wildman–Crippen LogP) is 2.86. The number of H-pyrrole nitrogens is 1. The van der Waals surface area contributed by atoms with E-state index in [0.29, 0.717) is 26.1 Å². The van der Waals surface area contributed by atoms with Crippen molar-refractivity contribution in [1.82, 2.24) is 9.88 Å². The molecule has 2 heterocycles. The van der Waals surface area contributed by atoms with Crippen LogP contribution in [0.4, 0.5) is 0 Å². The first-order valence-electron chi connectivity index (χ1n) is 7.85. The number of nitrogens with one attached hydrogen (secondary N) is 1. The third-order valence-electron chi connectivity index (χ3n) is 4.03. The van der Waals surface area contributed by atoms with Gasteiger partial charge in [0.1, 0.15) is 0 Å². The van der Waals surface area contributed by atoms with Crippen molar-refractivity contribution in [1.29, 1.82) is 0 Å². The molecule has 0 spiro atoms. The summed E-state index contributed by atoms with van der Waals surface area (Å²) in [6.45, 7) is 4.08. The summed E-state index contributed by atoms with van der Waals surface area (Å²) in [5, 5.41) is 0. The number of aromatic nitrogens is 1. The fourth-order valence-corrected chi connectivity index (χ4v) is 2.82. The van der Waals surface area contributed by atoms with Crippen molar-refractivity contribution in [3.8, 4) is 11.3 Å². The second-order valence-electron chi connectivity index (χ2n) is 5.78. The first-order valence-corrected chi connectivity index (χ1v) is 7.85. The summed E-state index contributed by atoms with van der Waals surface area (Å²) >= 11 is 0. The Morgan fingerprint density at radius 3 is 2.86 bits per heavy atom. The number of carbonyl (C=O) groups is 1. The van der Waals surface area contributed by atoms with Crippen LogP contribution in [0, 0.1) is 0 Å². The van der Waals surface area contributed by atoms with Crippen LogP contribution in [-0.2, 0) is 16.0 Å². The average molecular weight is 298 g/mol. The van der Waals surface area contributed by atoms with Gasteiger partial charge in [-0.25, -0.2) is 0 Å². The van der Waals surface area contributed by atoms with Crippen molar-refractivity contribution in [3.63, 3.8) is 0 Å².